The van der Waals surface area contributed by atoms with Crippen LogP contribution < -0.4 is 5.32 Å². The molecule has 1 aliphatic rings. The van der Waals surface area contributed by atoms with Gasteiger partial charge in [-0.1, -0.05) is 36.0 Å². The van der Waals surface area contributed by atoms with Crippen molar-refractivity contribution < 1.29 is 8.78 Å². The van der Waals surface area contributed by atoms with Gasteiger partial charge in [0.05, 0.1) is 6.04 Å². The Morgan fingerprint density at radius 2 is 1.55 bits per heavy atom. The molecule has 2 atom stereocenters. The molecule has 1 aliphatic heterocycles. The number of halogens is 2. The van der Waals surface area contributed by atoms with E-state index in [1.165, 1.54) is 36.0 Å². The molecule has 2 nitrogen and oxygen atoms in total. The van der Waals surface area contributed by atoms with E-state index in [-0.39, 0.29) is 17.7 Å². The minimum atomic E-state index is -0.566. The summed E-state index contributed by atoms with van der Waals surface area (Å²) < 4.78 is 26.4. The van der Waals surface area contributed by atoms with Crippen molar-refractivity contribution in [2.75, 3.05) is 6.26 Å². The van der Waals surface area contributed by atoms with Crippen LogP contribution in [0.3, 0.4) is 0 Å². The van der Waals surface area contributed by atoms with Crippen LogP contribution in [0.1, 0.15) is 24.1 Å². The maximum absolute atomic E-state index is 13.2. The van der Waals surface area contributed by atoms with Gasteiger partial charge in [-0.2, -0.15) is 0 Å². The summed E-state index contributed by atoms with van der Waals surface area (Å²) >= 11 is 1.52. The summed E-state index contributed by atoms with van der Waals surface area (Å²) in [5.74, 6) is -0.540. The molecule has 0 fully saturated rings. The second-order valence-corrected chi connectivity index (χ2v) is 6.20. The summed E-state index contributed by atoms with van der Waals surface area (Å²) in [7, 11) is 0. The Morgan fingerprint density at radius 1 is 1.00 bits per heavy atom. The lowest BCUT2D eigenvalue weighted by Crippen LogP contribution is -2.32. The first-order chi connectivity index (χ1) is 10.5. The van der Waals surface area contributed by atoms with Crippen LogP contribution in [0.25, 0.3) is 0 Å². The van der Waals surface area contributed by atoms with Gasteiger partial charge in [-0.15, -0.1) is 0 Å². The number of hydrogen-bond acceptors (Lipinski definition) is 3. The predicted molar refractivity (Wildman–Crippen MR) is 87.0 cm³/mol. The molecule has 1 heterocycles. The van der Waals surface area contributed by atoms with Crippen LogP contribution >= 0.6 is 11.8 Å². The van der Waals surface area contributed by atoms with Crippen LogP contribution in [-0.2, 0) is 5.54 Å². The molecule has 0 spiro atoms. The smallest absolute Gasteiger partial charge is 0.157 e. The molecule has 5 heteroatoms. The molecule has 0 amide bonds. The lowest BCUT2D eigenvalue weighted by Gasteiger charge is -2.30. The molecule has 0 saturated heterocycles. The Balaban J connectivity index is 2.05. The Hall–Kier alpha value is -1.88. The quantitative estimate of drug-likeness (QED) is 0.895. The van der Waals surface area contributed by atoms with Gasteiger partial charge >= 0.3 is 0 Å². The van der Waals surface area contributed by atoms with E-state index in [2.05, 4.69) is 5.32 Å². The highest BCUT2D eigenvalue weighted by atomic mass is 32.2. The summed E-state index contributed by atoms with van der Waals surface area (Å²) in [5.41, 5.74) is 1.30. The predicted octanol–water partition coefficient (Wildman–Crippen LogP) is 4.24. The van der Waals surface area contributed by atoms with Gasteiger partial charge in [0.25, 0.3) is 0 Å². The van der Waals surface area contributed by atoms with Crippen molar-refractivity contribution in [3.05, 3.63) is 71.3 Å². The zero-order valence-corrected chi connectivity index (χ0v) is 13.1. The van der Waals surface area contributed by atoms with Gasteiger partial charge in [0.2, 0.25) is 0 Å². The Kier molecular flexibility index (Phi) is 3.91. The Labute approximate surface area is 132 Å². The zero-order valence-electron chi connectivity index (χ0n) is 12.3. The first kappa shape index (κ1) is 15.0. The number of hydrogen-bond donors (Lipinski definition) is 1. The standard InChI is InChI=1S/C17H16F2N2S/c1-17(12-5-9-14(19)10-6-12)15(20-16(21-17)22-2)11-3-7-13(18)8-4-11/h3-10,15H,1-2H3,(H,20,21)/t15-,17+/m1/s1. The second kappa shape index (κ2) is 5.72. The second-order valence-electron chi connectivity index (χ2n) is 5.40. The monoisotopic (exact) mass is 318 g/mol. The number of aliphatic imine (C=N–C) groups is 1. The molecular formula is C17H16F2N2S. The molecule has 0 unspecified atom stereocenters. The molecule has 3 rings (SSSR count). The third-order valence-electron chi connectivity index (χ3n) is 3.99. The van der Waals surface area contributed by atoms with E-state index in [9.17, 15) is 8.78 Å². The lowest BCUT2D eigenvalue weighted by molar-refractivity contribution is 0.404. The summed E-state index contributed by atoms with van der Waals surface area (Å²) in [5, 5.41) is 4.20. The van der Waals surface area contributed by atoms with E-state index in [1.807, 2.05) is 13.2 Å². The van der Waals surface area contributed by atoms with Gasteiger partial charge in [-0.3, -0.25) is 0 Å². The van der Waals surface area contributed by atoms with Crippen molar-refractivity contribution in [2.24, 2.45) is 4.99 Å². The summed E-state index contributed by atoms with van der Waals surface area (Å²) in [6.45, 7) is 2.00. The first-order valence-corrected chi connectivity index (χ1v) is 8.17. The number of nitrogens with one attached hydrogen (secondary N) is 1. The van der Waals surface area contributed by atoms with E-state index in [4.69, 9.17) is 4.99 Å². The average molecular weight is 318 g/mol. The minimum absolute atomic E-state index is 0.124. The first-order valence-electron chi connectivity index (χ1n) is 6.95. The molecule has 0 bridgehead atoms. The molecule has 0 aliphatic carbocycles. The molecule has 1 N–H and O–H groups in total. The lowest BCUT2D eigenvalue weighted by atomic mass is 9.82. The summed E-state index contributed by atoms with van der Waals surface area (Å²) in [4.78, 5) is 4.77. The van der Waals surface area contributed by atoms with E-state index < -0.39 is 5.54 Å². The highest BCUT2D eigenvalue weighted by Crippen LogP contribution is 2.43. The van der Waals surface area contributed by atoms with Crippen molar-refractivity contribution >= 4 is 16.9 Å². The van der Waals surface area contributed by atoms with Crippen molar-refractivity contribution in [3.63, 3.8) is 0 Å². The van der Waals surface area contributed by atoms with Gasteiger partial charge in [-0.05, 0) is 48.6 Å². The van der Waals surface area contributed by atoms with Crippen LogP contribution in [0, 0.1) is 11.6 Å². The van der Waals surface area contributed by atoms with Gasteiger partial charge in [-0.25, -0.2) is 13.8 Å². The summed E-state index contributed by atoms with van der Waals surface area (Å²) in [6.07, 6.45) is 1.95. The van der Waals surface area contributed by atoms with Crippen molar-refractivity contribution in [2.45, 2.75) is 18.5 Å². The van der Waals surface area contributed by atoms with E-state index in [0.29, 0.717) is 0 Å². The largest absolute Gasteiger partial charge is 0.355 e. The number of benzene rings is 2. The highest BCUT2D eigenvalue weighted by molar-refractivity contribution is 8.13. The van der Waals surface area contributed by atoms with Crippen molar-refractivity contribution in [1.82, 2.24) is 5.32 Å². The fraction of sp³-hybridized carbons (Fsp3) is 0.235. The molecule has 2 aromatic rings. The molecule has 0 aromatic heterocycles. The van der Waals surface area contributed by atoms with Crippen LogP contribution in [0.4, 0.5) is 8.78 Å². The van der Waals surface area contributed by atoms with E-state index >= 15 is 0 Å². The van der Waals surface area contributed by atoms with Gasteiger partial charge in [0, 0.05) is 0 Å². The van der Waals surface area contributed by atoms with Crippen LogP contribution in [0.15, 0.2) is 53.5 Å². The third kappa shape index (κ3) is 2.61. The van der Waals surface area contributed by atoms with Gasteiger partial charge in [0.15, 0.2) is 5.17 Å². The fourth-order valence-electron chi connectivity index (χ4n) is 2.76. The van der Waals surface area contributed by atoms with Crippen LogP contribution in [0.2, 0.25) is 0 Å². The van der Waals surface area contributed by atoms with Crippen molar-refractivity contribution in [3.8, 4) is 0 Å². The molecular weight excluding hydrogens is 302 g/mol. The highest BCUT2D eigenvalue weighted by Gasteiger charge is 2.42. The topological polar surface area (TPSA) is 24.4 Å². The number of thioether (sulfide) groups is 1. The van der Waals surface area contributed by atoms with E-state index in [1.54, 1.807) is 24.3 Å². The number of rotatable bonds is 2. The molecule has 2 aromatic carbocycles. The SMILES string of the molecule is CSC1=N[C@@](C)(c2ccc(F)cc2)[C@@H](c2ccc(F)cc2)N1. The van der Waals surface area contributed by atoms with E-state index in [0.717, 1.165) is 16.3 Å². The summed E-state index contributed by atoms with van der Waals surface area (Å²) in [6, 6.07) is 12.7. The average Bonchev–Trinajstić information content (AvgIpc) is 2.87. The third-order valence-corrected chi connectivity index (χ3v) is 4.58. The normalized spacial score (nSPS) is 24.0. The van der Waals surface area contributed by atoms with Crippen LogP contribution in [-0.4, -0.2) is 11.4 Å². The zero-order chi connectivity index (χ0) is 15.7. The Morgan fingerprint density at radius 3 is 2.09 bits per heavy atom. The molecule has 0 saturated carbocycles. The maximum Gasteiger partial charge on any atom is 0.157 e. The van der Waals surface area contributed by atoms with Crippen LogP contribution in [0.5, 0.6) is 0 Å². The molecule has 0 radical (unpaired) electrons. The number of nitrogens with zero attached hydrogens (tertiary/aromatic N) is 1. The minimum Gasteiger partial charge on any atom is -0.355 e. The Bertz CT molecular complexity index is 698. The molecule has 114 valence electrons. The fourth-order valence-corrected chi connectivity index (χ4v) is 3.27. The van der Waals surface area contributed by atoms with Crippen molar-refractivity contribution in [1.29, 1.82) is 0 Å². The maximum atomic E-state index is 13.2. The number of amidine groups is 1. The van der Waals surface area contributed by atoms with Gasteiger partial charge < -0.3 is 5.32 Å². The molecule has 22 heavy (non-hydrogen) atoms. The van der Waals surface area contributed by atoms with Gasteiger partial charge in [0.1, 0.15) is 17.2 Å².